The molecule has 0 aromatic rings. The number of carbonyl (C=O) groups excluding carboxylic acids is 2. The molecule has 6 heteroatoms. The number of rotatable bonds is 5. The molecule has 0 aromatic heterocycles. The van der Waals surface area contributed by atoms with Crippen LogP contribution in [0.4, 0.5) is 0 Å². The number of carbonyl (C=O) groups is 2. The Morgan fingerprint density at radius 2 is 2.29 bits per heavy atom. The Bertz CT molecular complexity index is 286. The van der Waals surface area contributed by atoms with E-state index in [-0.39, 0.29) is 11.9 Å². The minimum absolute atomic E-state index is 0.132. The summed E-state index contributed by atoms with van der Waals surface area (Å²) in [5, 5.41) is 0. The molecule has 0 bridgehead atoms. The Labute approximate surface area is 106 Å². The number of thioether (sulfide) groups is 1. The van der Waals surface area contributed by atoms with Gasteiger partial charge in [0.1, 0.15) is 6.04 Å². The van der Waals surface area contributed by atoms with Crippen molar-refractivity contribution in [1.29, 1.82) is 0 Å². The fourth-order valence-corrected chi connectivity index (χ4v) is 2.48. The van der Waals surface area contributed by atoms with Crippen LogP contribution >= 0.6 is 11.8 Å². The molecule has 0 aliphatic carbocycles. The van der Waals surface area contributed by atoms with Crippen LogP contribution in [0.2, 0.25) is 0 Å². The van der Waals surface area contributed by atoms with Crippen LogP contribution in [0.25, 0.3) is 0 Å². The second kappa shape index (κ2) is 6.86. The Kier molecular flexibility index (Phi) is 5.77. The van der Waals surface area contributed by atoms with Gasteiger partial charge in [0.15, 0.2) is 0 Å². The monoisotopic (exact) mass is 260 g/mol. The van der Waals surface area contributed by atoms with Crippen LogP contribution in [-0.4, -0.2) is 54.5 Å². The van der Waals surface area contributed by atoms with Gasteiger partial charge in [0.05, 0.1) is 13.2 Å². The van der Waals surface area contributed by atoms with E-state index in [0.29, 0.717) is 19.4 Å². The van der Waals surface area contributed by atoms with Crippen LogP contribution in [0.5, 0.6) is 0 Å². The Morgan fingerprint density at radius 1 is 1.59 bits per heavy atom. The number of ether oxygens (including phenoxy) is 1. The van der Waals surface area contributed by atoms with Gasteiger partial charge in [0.2, 0.25) is 5.91 Å². The van der Waals surface area contributed by atoms with Gasteiger partial charge >= 0.3 is 5.97 Å². The van der Waals surface area contributed by atoms with Gasteiger partial charge in [-0.3, -0.25) is 4.79 Å². The fraction of sp³-hybridized carbons (Fsp3) is 0.818. The van der Waals surface area contributed by atoms with E-state index in [2.05, 4.69) is 0 Å². The molecule has 0 unspecified atom stereocenters. The standard InChI is InChI=1S/C11H20N2O3S/c1-16-11(15)9-4-3-6-13(9)10(14)8(12)5-7-17-2/h8-9H,3-7,12H2,1-2H3/t8-,9-/m0/s1. The van der Waals surface area contributed by atoms with E-state index in [9.17, 15) is 9.59 Å². The summed E-state index contributed by atoms with van der Waals surface area (Å²) < 4.78 is 4.70. The van der Waals surface area contributed by atoms with Crippen molar-refractivity contribution in [2.45, 2.75) is 31.3 Å². The summed E-state index contributed by atoms with van der Waals surface area (Å²) in [4.78, 5) is 25.1. The maximum atomic E-state index is 12.1. The van der Waals surface area contributed by atoms with Crippen molar-refractivity contribution >= 4 is 23.6 Å². The molecular weight excluding hydrogens is 240 g/mol. The first-order valence-corrected chi connectivity index (χ1v) is 7.14. The smallest absolute Gasteiger partial charge is 0.328 e. The van der Waals surface area contributed by atoms with Crippen LogP contribution in [-0.2, 0) is 14.3 Å². The zero-order valence-corrected chi connectivity index (χ0v) is 11.2. The van der Waals surface area contributed by atoms with Crippen molar-refractivity contribution in [3.05, 3.63) is 0 Å². The first kappa shape index (κ1) is 14.3. The highest BCUT2D eigenvalue weighted by Crippen LogP contribution is 2.19. The highest BCUT2D eigenvalue weighted by molar-refractivity contribution is 7.98. The first-order valence-electron chi connectivity index (χ1n) is 5.74. The van der Waals surface area contributed by atoms with E-state index < -0.39 is 12.1 Å². The van der Waals surface area contributed by atoms with Crippen molar-refractivity contribution in [1.82, 2.24) is 4.90 Å². The lowest BCUT2D eigenvalue weighted by Crippen LogP contribution is -2.48. The van der Waals surface area contributed by atoms with Gasteiger partial charge in [-0.1, -0.05) is 0 Å². The topological polar surface area (TPSA) is 72.6 Å². The third-order valence-corrected chi connectivity index (χ3v) is 3.60. The second-order valence-corrected chi connectivity index (χ2v) is 5.09. The highest BCUT2D eigenvalue weighted by Gasteiger charge is 2.36. The van der Waals surface area contributed by atoms with Gasteiger partial charge in [-0.25, -0.2) is 4.79 Å². The summed E-state index contributed by atoms with van der Waals surface area (Å²) in [5.41, 5.74) is 5.83. The van der Waals surface area contributed by atoms with Gasteiger partial charge in [-0.05, 0) is 31.3 Å². The molecule has 5 nitrogen and oxygen atoms in total. The number of hydrogen-bond acceptors (Lipinski definition) is 5. The van der Waals surface area contributed by atoms with E-state index in [0.717, 1.165) is 12.2 Å². The maximum Gasteiger partial charge on any atom is 0.328 e. The summed E-state index contributed by atoms with van der Waals surface area (Å²) in [5.74, 6) is 0.378. The van der Waals surface area contributed by atoms with E-state index in [1.807, 2.05) is 6.26 Å². The zero-order valence-electron chi connectivity index (χ0n) is 10.3. The quantitative estimate of drug-likeness (QED) is 0.716. The highest BCUT2D eigenvalue weighted by atomic mass is 32.2. The molecular formula is C11H20N2O3S. The lowest BCUT2D eigenvalue weighted by molar-refractivity contribution is -0.151. The number of nitrogens with zero attached hydrogens (tertiary/aromatic N) is 1. The summed E-state index contributed by atoms with van der Waals surface area (Å²) in [6.07, 6.45) is 4.13. The average molecular weight is 260 g/mol. The van der Waals surface area contributed by atoms with Gasteiger partial charge < -0.3 is 15.4 Å². The molecule has 1 heterocycles. The molecule has 1 aliphatic rings. The Balaban J connectivity index is 2.58. The number of amides is 1. The molecule has 2 N–H and O–H groups in total. The lowest BCUT2D eigenvalue weighted by atomic mass is 10.2. The van der Waals surface area contributed by atoms with Crippen LogP contribution in [0.15, 0.2) is 0 Å². The van der Waals surface area contributed by atoms with Gasteiger partial charge in [0.25, 0.3) is 0 Å². The SMILES string of the molecule is COC(=O)[C@@H]1CCCN1C(=O)[C@@H](N)CCSC. The number of likely N-dealkylation sites (tertiary alicyclic amines) is 1. The third-order valence-electron chi connectivity index (χ3n) is 2.96. The number of methoxy groups -OCH3 is 1. The van der Waals surface area contributed by atoms with Crippen molar-refractivity contribution in [2.24, 2.45) is 5.73 Å². The first-order chi connectivity index (χ1) is 8.11. The number of hydrogen-bond donors (Lipinski definition) is 1. The molecule has 1 rings (SSSR count). The summed E-state index contributed by atoms with van der Waals surface area (Å²) >= 11 is 1.66. The summed E-state index contributed by atoms with van der Waals surface area (Å²) in [7, 11) is 1.34. The van der Waals surface area contributed by atoms with Crippen LogP contribution < -0.4 is 5.73 Å². The lowest BCUT2D eigenvalue weighted by Gasteiger charge is -2.25. The van der Waals surface area contributed by atoms with Crippen molar-refractivity contribution in [2.75, 3.05) is 25.7 Å². The number of nitrogens with two attached hydrogens (primary N) is 1. The minimum Gasteiger partial charge on any atom is -0.467 e. The average Bonchev–Trinajstić information content (AvgIpc) is 2.82. The molecule has 1 saturated heterocycles. The molecule has 0 radical (unpaired) electrons. The Hall–Kier alpha value is -0.750. The predicted octanol–water partition coefficient (Wildman–Crippen LogP) is 0.231. The zero-order chi connectivity index (χ0) is 12.8. The third kappa shape index (κ3) is 3.61. The molecule has 1 fully saturated rings. The molecule has 17 heavy (non-hydrogen) atoms. The minimum atomic E-state index is -0.507. The molecule has 0 saturated carbocycles. The molecule has 2 atom stereocenters. The van der Waals surface area contributed by atoms with E-state index in [1.54, 1.807) is 16.7 Å². The molecule has 0 spiro atoms. The maximum absolute atomic E-state index is 12.1. The largest absolute Gasteiger partial charge is 0.467 e. The van der Waals surface area contributed by atoms with E-state index in [1.165, 1.54) is 7.11 Å². The van der Waals surface area contributed by atoms with Gasteiger partial charge in [-0.15, -0.1) is 0 Å². The molecule has 1 amide bonds. The molecule has 1 aliphatic heterocycles. The van der Waals surface area contributed by atoms with Crippen LogP contribution in [0.3, 0.4) is 0 Å². The summed E-state index contributed by atoms with van der Waals surface area (Å²) in [6.45, 7) is 0.603. The molecule has 0 aromatic carbocycles. The van der Waals surface area contributed by atoms with E-state index >= 15 is 0 Å². The Morgan fingerprint density at radius 3 is 2.88 bits per heavy atom. The van der Waals surface area contributed by atoms with Crippen LogP contribution in [0.1, 0.15) is 19.3 Å². The van der Waals surface area contributed by atoms with Crippen molar-refractivity contribution in [3.63, 3.8) is 0 Å². The van der Waals surface area contributed by atoms with Crippen molar-refractivity contribution < 1.29 is 14.3 Å². The van der Waals surface area contributed by atoms with Crippen LogP contribution in [0, 0.1) is 0 Å². The van der Waals surface area contributed by atoms with E-state index in [4.69, 9.17) is 10.5 Å². The summed E-state index contributed by atoms with van der Waals surface area (Å²) in [6, 6.07) is -0.944. The predicted molar refractivity (Wildman–Crippen MR) is 67.7 cm³/mol. The van der Waals surface area contributed by atoms with Gasteiger partial charge in [-0.2, -0.15) is 11.8 Å². The molecule has 98 valence electrons. The second-order valence-electron chi connectivity index (χ2n) is 4.10. The normalized spacial score (nSPS) is 21.4. The number of esters is 1. The van der Waals surface area contributed by atoms with Crippen molar-refractivity contribution in [3.8, 4) is 0 Å². The fourth-order valence-electron chi connectivity index (χ4n) is 1.99. The van der Waals surface area contributed by atoms with Gasteiger partial charge in [0, 0.05) is 6.54 Å².